The first-order chi connectivity index (χ1) is 16.0. The van der Waals surface area contributed by atoms with Crippen LogP contribution in [0.4, 0.5) is 36.4 Å². The van der Waals surface area contributed by atoms with Gasteiger partial charge in [0.05, 0.1) is 23.1 Å². The van der Waals surface area contributed by atoms with Gasteiger partial charge in [0.25, 0.3) is 5.91 Å². The normalized spacial score (nSPS) is 12.5. The van der Waals surface area contributed by atoms with E-state index in [0.717, 1.165) is 24.3 Å². The van der Waals surface area contributed by atoms with Gasteiger partial charge in [-0.2, -0.15) is 26.3 Å². The number of sulfonamides is 1. The van der Waals surface area contributed by atoms with E-state index in [1.807, 2.05) is 0 Å². The Bertz CT molecular complexity index is 1360. The van der Waals surface area contributed by atoms with Gasteiger partial charge in [0, 0.05) is 12.1 Å². The molecule has 6 nitrogen and oxygen atoms in total. The van der Waals surface area contributed by atoms with Gasteiger partial charge in [-0.1, -0.05) is 12.1 Å². The second-order valence-corrected chi connectivity index (χ2v) is 9.05. The van der Waals surface area contributed by atoms with Gasteiger partial charge in [-0.3, -0.25) is 9.52 Å². The molecule has 2 N–H and O–H groups in total. The highest BCUT2D eigenvalue weighted by Crippen LogP contribution is 2.38. The lowest BCUT2D eigenvalue weighted by molar-refractivity contribution is -0.138. The summed E-state index contributed by atoms with van der Waals surface area (Å²) in [6, 6.07) is 7.59. The summed E-state index contributed by atoms with van der Waals surface area (Å²) in [5.41, 5.74) is -4.13. The molecule has 0 spiro atoms. The number of carbonyl (C=O) groups is 1. The molecule has 1 amide bonds. The van der Waals surface area contributed by atoms with Crippen molar-refractivity contribution >= 4 is 21.6 Å². The highest BCUT2D eigenvalue weighted by atomic mass is 32.2. The highest BCUT2D eigenvalue weighted by Gasteiger charge is 2.36. The molecule has 35 heavy (non-hydrogen) atoms. The Labute approximate surface area is 193 Å². The van der Waals surface area contributed by atoms with E-state index in [1.165, 1.54) is 16.9 Å². The molecule has 14 heteroatoms. The lowest BCUT2D eigenvalue weighted by Gasteiger charge is -2.16. The van der Waals surface area contributed by atoms with Crippen molar-refractivity contribution in [1.29, 1.82) is 0 Å². The van der Waals surface area contributed by atoms with Crippen molar-refractivity contribution in [2.45, 2.75) is 18.9 Å². The van der Waals surface area contributed by atoms with Gasteiger partial charge in [-0.05, 0) is 42.0 Å². The Morgan fingerprint density at radius 2 is 1.66 bits per heavy atom. The number of hydrogen-bond acceptors (Lipinski definition) is 4. The highest BCUT2D eigenvalue weighted by molar-refractivity contribution is 7.92. The number of carbonyl (C=O) groups excluding carboxylic acids is 1. The van der Waals surface area contributed by atoms with Gasteiger partial charge in [-0.25, -0.2) is 12.8 Å². The van der Waals surface area contributed by atoms with Gasteiger partial charge in [0.1, 0.15) is 11.6 Å². The summed E-state index contributed by atoms with van der Waals surface area (Å²) >= 11 is 0. The predicted molar refractivity (Wildman–Crippen MR) is 110 cm³/mol. The number of rotatable bonds is 6. The minimum atomic E-state index is -5.12. The second kappa shape index (κ2) is 9.24. The molecule has 3 rings (SSSR count). The van der Waals surface area contributed by atoms with E-state index >= 15 is 0 Å². The average molecular weight is 524 g/mol. The zero-order valence-corrected chi connectivity index (χ0v) is 18.3. The van der Waals surface area contributed by atoms with E-state index in [1.54, 1.807) is 0 Å². The van der Waals surface area contributed by atoms with E-state index in [0.29, 0.717) is 18.4 Å². The number of benzene rings is 2. The Morgan fingerprint density at radius 1 is 0.971 bits per heavy atom. The van der Waals surface area contributed by atoms with Crippen LogP contribution in [0.3, 0.4) is 0 Å². The van der Waals surface area contributed by atoms with Crippen molar-refractivity contribution in [3.8, 4) is 11.3 Å². The first-order valence-corrected chi connectivity index (χ1v) is 11.4. The zero-order chi connectivity index (χ0) is 26.2. The molecule has 0 atom stereocenters. The van der Waals surface area contributed by atoms with Crippen molar-refractivity contribution in [1.82, 2.24) is 5.32 Å². The number of hydrogen-bond donors (Lipinski definition) is 2. The Hall–Kier alpha value is -3.55. The predicted octanol–water partition coefficient (Wildman–Crippen LogP) is 5.42. The summed E-state index contributed by atoms with van der Waals surface area (Å²) in [4.78, 5) is 12.3. The van der Waals surface area contributed by atoms with Crippen molar-refractivity contribution in [2.75, 3.05) is 11.0 Å². The second-order valence-electron chi connectivity index (χ2n) is 7.30. The lowest BCUT2D eigenvalue weighted by Crippen LogP contribution is -2.23. The third kappa shape index (κ3) is 6.53. The van der Waals surface area contributed by atoms with E-state index in [9.17, 15) is 43.9 Å². The van der Waals surface area contributed by atoms with Crippen molar-refractivity contribution < 1.29 is 48.4 Å². The Balaban J connectivity index is 1.80. The van der Waals surface area contributed by atoms with E-state index in [-0.39, 0.29) is 22.6 Å². The Kier molecular flexibility index (Phi) is 6.88. The Morgan fingerprint density at radius 3 is 2.26 bits per heavy atom. The topological polar surface area (TPSA) is 88.4 Å². The zero-order valence-electron chi connectivity index (χ0n) is 17.5. The fourth-order valence-corrected chi connectivity index (χ4v) is 3.59. The maximum absolute atomic E-state index is 14.3. The first-order valence-electron chi connectivity index (χ1n) is 9.47. The molecule has 0 radical (unpaired) electrons. The standard InChI is InChI=1S/C21H15F7N2O4S/c1-35(32,33)30-18-14(21(26,27)28)7-11(8-15(18)22)10-29-19(31)17-6-5-16(34-17)12-3-2-4-13(9-12)20(23,24)25/h2-9,30H,10H2,1H3,(H,29,31). The van der Waals surface area contributed by atoms with Crippen LogP contribution >= 0.6 is 0 Å². The summed E-state index contributed by atoms with van der Waals surface area (Å²) in [6.45, 7) is -0.600. The van der Waals surface area contributed by atoms with Crippen LogP contribution in [0.5, 0.6) is 0 Å². The molecular formula is C21H15F7N2O4S. The molecule has 0 saturated carbocycles. The smallest absolute Gasteiger partial charge is 0.418 e. The van der Waals surface area contributed by atoms with Crippen LogP contribution in [0.15, 0.2) is 52.9 Å². The van der Waals surface area contributed by atoms with Gasteiger partial charge in [0.2, 0.25) is 10.0 Å². The molecule has 0 unspecified atom stereocenters. The third-order valence-electron chi connectivity index (χ3n) is 4.50. The van der Waals surface area contributed by atoms with Crippen molar-refractivity contribution in [2.24, 2.45) is 0 Å². The van der Waals surface area contributed by atoms with Crippen LogP contribution in [-0.2, 0) is 28.9 Å². The number of amides is 1. The lowest BCUT2D eigenvalue weighted by atomic mass is 10.1. The molecule has 0 fully saturated rings. The number of alkyl halides is 6. The molecule has 1 heterocycles. The van der Waals surface area contributed by atoms with Crippen LogP contribution in [0, 0.1) is 5.82 Å². The maximum atomic E-state index is 14.3. The number of halogens is 7. The minimum Gasteiger partial charge on any atom is -0.451 e. The van der Waals surface area contributed by atoms with E-state index < -0.39 is 57.5 Å². The molecule has 3 aromatic rings. The fraction of sp³-hybridized carbons (Fsp3) is 0.190. The molecule has 2 aromatic carbocycles. The van der Waals surface area contributed by atoms with E-state index in [2.05, 4.69) is 5.32 Å². The summed E-state index contributed by atoms with van der Waals surface area (Å²) in [5, 5.41) is 2.20. The summed E-state index contributed by atoms with van der Waals surface area (Å²) in [5.74, 6) is -2.87. The molecular weight excluding hydrogens is 509 g/mol. The first kappa shape index (κ1) is 26.1. The molecule has 0 bridgehead atoms. The summed E-state index contributed by atoms with van der Waals surface area (Å²) < 4.78 is 122. The summed E-state index contributed by atoms with van der Waals surface area (Å²) in [7, 11) is -4.22. The van der Waals surface area contributed by atoms with Crippen LogP contribution in [0.25, 0.3) is 11.3 Å². The summed E-state index contributed by atoms with van der Waals surface area (Å²) in [6.07, 6.45) is -9.16. The SMILES string of the molecule is CS(=O)(=O)Nc1c(F)cc(CNC(=O)c2ccc(-c3cccc(C(F)(F)F)c3)o2)cc1C(F)(F)F. The minimum absolute atomic E-state index is 0.0322. The van der Waals surface area contributed by atoms with Gasteiger partial charge in [-0.15, -0.1) is 0 Å². The van der Waals surface area contributed by atoms with Gasteiger partial charge < -0.3 is 9.73 Å². The van der Waals surface area contributed by atoms with Gasteiger partial charge >= 0.3 is 12.4 Å². The molecule has 0 saturated heterocycles. The van der Waals surface area contributed by atoms with Crippen molar-refractivity contribution in [3.63, 3.8) is 0 Å². The number of nitrogens with one attached hydrogen (secondary N) is 2. The van der Waals surface area contributed by atoms with Crippen LogP contribution in [-0.4, -0.2) is 20.6 Å². The largest absolute Gasteiger partial charge is 0.451 e. The molecule has 0 aliphatic rings. The maximum Gasteiger partial charge on any atom is 0.418 e. The van der Waals surface area contributed by atoms with Gasteiger partial charge in [0.15, 0.2) is 5.76 Å². The third-order valence-corrected chi connectivity index (χ3v) is 5.08. The monoisotopic (exact) mass is 524 g/mol. The van der Waals surface area contributed by atoms with E-state index in [4.69, 9.17) is 4.42 Å². The number of furan rings is 1. The molecule has 0 aliphatic heterocycles. The number of anilines is 1. The molecule has 188 valence electrons. The van der Waals surface area contributed by atoms with Crippen LogP contribution in [0.2, 0.25) is 0 Å². The van der Waals surface area contributed by atoms with Crippen molar-refractivity contribution in [3.05, 3.63) is 76.8 Å². The average Bonchev–Trinajstić information content (AvgIpc) is 3.22. The van der Waals surface area contributed by atoms with Crippen LogP contribution in [0.1, 0.15) is 27.2 Å². The van der Waals surface area contributed by atoms with Crippen LogP contribution < -0.4 is 10.0 Å². The fourth-order valence-electron chi connectivity index (χ4n) is 3.01. The molecule has 0 aliphatic carbocycles. The quantitative estimate of drug-likeness (QED) is 0.422. The molecule has 1 aromatic heterocycles.